The SMILES string of the molecule is COCC1CNCC1C(=O)OCc1ccccc1. The van der Waals surface area contributed by atoms with Gasteiger partial charge >= 0.3 is 5.97 Å². The minimum atomic E-state index is -0.133. The van der Waals surface area contributed by atoms with E-state index in [9.17, 15) is 4.79 Å². The first-order valence-corrected chi connectivity index (χ1v) is 6.21. The summed E-state index contributed by atoms with van der Waals surface area (Å²) < 4.78 is 10.5. The van der Waals surface area contributed by atoms with Crippen molar-refractivity contribution in [3.63, 3.8) is 0 Å². The van der Waals surface area contributed by atoms with Crippen LogP contribution >= 0.6 is 0 Å². The second kappa shape index (κ2) is 6.52. The Morgan fingerprint density at radius 1 is 1.33 bits per heavy atom. The topological polar surface area (TPSA) is 47.6 Å². The van der Waals surface area contributed by atoms with Gasteiger partial charge in [-0.2, -0.15) is 0 Å². The third-order valence-corrected chi connectivity index (χ3v) is 3.25. The standard InChI is InChI=1S/C14H19NO3/c1-17-10-12-7-15-8-13(12)14(16)18-9-11-5-3-2-4-6-11/h2-6,12-13,15H,7-10H2,1H3. The molecule has 0 amide bonds. The average Bonchev–Trinajstić information content (AvgIpc) is 2.86. The van der Waals surface area contributed by atoms with Crippen molar-refractivity contribution in [3.8, 4) is 0 Å². The molecule has 1 fully saturated rings. The van der Waals surface area contributed by atoms with E-state index in [4.69, 9.17) is 9.47 Å². The summed E-state index contributed by atoms with van der Waals surface area (Å²) in [4.78, 5) is 12.0. The van der Waals surface area contributed by atoms with Gasteiger partial charge in [0, 0.05) is 26.1 Å². The van der Waals surface area contributed by atoms with Crippen molar-refractivity contribution in [1.29, 1.82) is 0 Å². The number of hydrogen-bond acceptors (Lipinski definition) is 4. The van der Waals surface area contributed by atoms with Crippen molar-refractivity contribution in [3.05, 3.63) is 35.9 Å². The van der Waals surface area contributed by atoms with Crippen LogP contribution in [0.25, 0.3) is 0 Å². The van der Waals surface area contributed by atoms with Crippen LogP contribution in [0.1, 0.15) is 5.56 Å². The van der Waals surface area contributed by atoms with Crippen molar-refractivity contribution in [2.24, 2.45) is 11.8 Å². The molecule has 4 heteroatoms. The predicted octanol–water partition coefficient (Wildman–Crippen LogP) is 1.21. The molecule has 0 bridgehead atoms. The summed E-state index contributed by atoms with van der Waals surface area (Å²) in [5, 5.41) is 3.21. The Kier molecular flexibility index (Phi) is 4.73. The molecule has 1 aromatic rings. The van der Waals surface area contributed by atoms with Gasteiger partial charge < -0.3 is 14.8 Å². The highest BCUT2D eigenvalue weighted by Gasteiger charge is 2.33. The van der Waals surface area contributed by atoms with Gasteiger partial charge in [-0.05, 0) is 5.56 Å². The van der Waals surface area contributed by atoms with Crippen molar-refractivity contribution < 1.29 is 14.3 Å². The lowest BCUT2D eigenvalue weighted by atomic mass is 9.97. The van der Waals surface area contributed by atoms with E-state index in [0.717, 1.165) is 12.1 Å². The molecular weight excluding hydrogens is 230 g/mol. The normalized spacial score (nSPS) is 22.9. The number of benzene rings is 1. The summed E-state index contributed by atoms with van der Waals surface area (Å²) in [6.45, 7) is 2.44. The smallest absolute Gasteiger partial charge is 0.310 e. The van der Waals surface area contributed by atoms with Gasteiger partial charge in [-0.1, -0.05) is 30.3 Å². The maximum absolute atomic E-state index is 12.0. The van der Waals surface area contributed by atoms with Crippen LogP contribution in [0.4, 0.5) is 0 Å². The largest absolute Gasteiger partial charge is 0.461 e. The van der Waals surface area contributed by atoms with Gasteiger partial charge in [0.1, 0.15) is 6.61 Å². The summed E-state index contributed by atoms with van der Waals surface area (Å²) in [5.41, 5.74) is 1.01. The van der Waals surface area contributed by atoms with E-state index in [-0.39, 0.29) is 17.8 Å². The molecule has 0 aromatic heterocycles. The van der Waals surface area contributed by atoms with E-state index < -0.39 is 0 Å². The van der Waals surface area contributed by atoms with Gasteiger partial charge in [-0.25, -0.2) is 0 Å². The molecule has 98 valence electrons. The summed E-state index contributed by atoms with van der Waals surface area (Å²) in [7, 11) is 1.66. The van der Waals surface area contributed by atoms with Gasteiger partial charge in [0.15, 0.2) is 0 Å². The Morgan fingerprint density at radius 2 is 2.11 bits per heavy atom. The average molecular weight is 249 g/mol. The lowest BCUT2D eigenvalue weighted by Crippen LogP contribution is -2.27. The molecule has 2 atom stereocenters. The maximum Gasteiger partial charge on any atom is 0.310 e. The first-order valence-electron chi connectivity index (χ1n) is 6.21. The quantitative estimate of drug-likeness (QED) is 0.797. The zero-order valence-corrected chi connectivity index (χ0v) is 10.6. The first-order chi connectivity index (χ1) is 8.81. The summed E-state index contributed by atoms with van der Waals surface area (Å²) in [5.74, 6) is -0.00200. The number of hydrogen-bond donors (Lipinski definition) is 1. The molecule has 0 aliphatic carbocycles. The van der Waals surface area contributed by atoms with Crippen molar-refractivity contribution >= 4 is 5.97 Å². The molecule has 1 N–H and O–H groups in total. The van der Waals surface area contributed by atoms with Crippen LogP contribution in [0.5, 0.6) is 0 Å². The molecule has 18 heavy (non-hydrogen) atoms. The zero-order chi connectivity index (χ0) is 12.8. The number of rotatable bonds is 5. The van der Waals surface area contributed by atoms with Crippen molar-refractivity contribution in [2.45, 2.75) is 6.61 Å². The molecular formula is C14H19NO3. The molecule has 1 aliphatic rings. The fourth-order valence-corrected chi connectivity index (χ4v) is 2.23. The molecule has 1 aromatic carbocycles. The van der Waals surface area contributed by atoms with Crippen LogP contribution < -0.4 is 5.32 Å². The van der Waals surface area contributed by atoms with E-state index in [2.05, 4.69) is 5.32 Å². The first kappa shape index (κ1) is 13.1. The molecule has 1 heterocycles. The molecule has 2 rings (SSSR count). The third-order valence-electron chi connectivity index (χ3n) is 3.25. The fraction of sp³-hybridized carbons (Fsp3) is 0.500. The van der Waals surface area contributed by atoms with Gasteiger partial charge in [0.25, 0.3) is 0 Å². The Bertz CT molecular complexity index is 380. The highest BCUT2D eigenvalue weighted by molar-refractivity contribution is 5.73. The summed E-state index contributed by atoms with van der Waals surface area (Å²) in [6, 6.07) is 9.72. The summed E-state index contributed by atoms with van der Waals surface area (Å²) in [6.07, 6.45) is 0. The Hall–Kier alpha value is -1.39. The van der Waals surface area contributed by atoms with Crippen LogP contribution in [0.2, 0.25) is 0 Å². The molecule has 4 nitrogen and oxygen atoms in total. The van der Waals surface area contributed by atoms with Crippen LogP contribution in [0.15, 0.2) is 30.3 Å². The van der Waals surface area contributed by atoms with Crippen molar-refractivity contribution in [2.75, 3.05) is 26.8 Å². The minimum Gasteiger partial charge on any atom is -0.461 e. The Morgan fingerprint density at radius 3 is 2.83 bits per heavy atom. The van der Waals surface area contributed by atoms with Crippen LogP contribution in [0.3, 0.4) is 0 Å². The van der Waals surface area contributed by atoms with Crippen molar-refractivity contribution in [1.82, 2.24) is 5.32 Å². The maximum atomic E-state index is 12.0. The molecule has 1 aliphatic heterocycles. The van der Waals surface area contributed by atoms with Gasteiger partial charge in [0.05, 0.1) is 12.5 Å². The fourth-order valence-electron chi connectivity index (χ4n) is 2.23. The molecule has 0 spiro atoms. The third kappa shape index (κ3) is 3.31. The lowest BCUT2D eigenvalue weighted by Gasteiger charge is -2.16. The predicted molar refractivity (Wildman–Crippen MR) is 68.0 cm³/mol. The number of carbonyl (C=O) groups is 1. The van der Waals surface area contributed by atoms with E-state index in [1.54, 1.807) is 7.11 Å². The van der Waals surface area contributed by atoms with E-state index in [0.29, 0.717) is 19.8 Å². The van der Waals surface area contributed by atoms with E-state index >= 15 is 0 Å². The number of methoxy groups -OCH3 is 1. The number of esters is 1. The summed E-state index contributed by atoms with van der Waals surface area (Å²) >= 11 is 0. The van der Waals surface area contributed by atoms with Crippen LogP contribution in [-0.4, -0.2) is 32.8 Å². The molecule has 1 saturated heterocycles. The second-order valence-corrected chi connectivity index (χ2v) is 4.57. The van der Waals surface area contributed by atoms with Gasteiger partial charge in [-0.3, -0.25) is 4.79 Å². The molecule has 0 radical (unpaired) electrons. The molecule has 0 saturated carbocycles. The minimum absolute atomic E-state index is 0.0892. The Labute approximate surface area is 107 Å². The lowest BCUT2D eigenvalue weighted by molar-refractivity contribution is -0.151. The monoisotopic (exact) mass is 249 g/mol. The van der Waals surface area contributed by atoms with Crippen LogP contribution in [0, 0.1) is 11.8 Å². The number of nitrogens with one attached hydrogen (secondary N) is 1. The van der Waals surface area contributed by atoms with E-state index in [1.165, 1.54) is 0 Å². The highest BCUT2D eigenvalue weighted by atomic mass is 16.5. The zero-order valence-electron chi connectivity index (χ0n) is 10.6. The number of ether oxygens (including phenoxy) is 2. The van der Waals surface area contributed by atoms with Gasteiger partial charge in [0.2, 0.25) is 0 Å². The number of carbonyl (C=O) groups excluding carboxylic acids is 1. The second-order valence-electron chi connectivity index (χ2n) is 4.57. The Balaban J connectivity index is 1.84. The van der Waals surface area contributed by atoms with Crippen LogP contribution in [-0.2, 0) is 20.9 Å². The highest BCUT2D eigenvalue weighted by Crippen LogP contribution is 2.19. The van der Waals surface area contributed by atoms with Gasteiger partial charge in [-0.15, -0.1) is 0 Å². The molecule has 2 unspecified atom stereocenters. The van der Waals surface area contributed by atoms with E-state index in [1.807, 2.05) is 30.3 Å².